The number of hydrogen-bond acceptors (Lipinski definition) is 3. The number of para-hydroxylation sites is 2. The van der Waals surface area contributed by atoms with Gasteiger partial charge in [0.25, 0.3) is 0 Å². The quantitative estimate of drug-likeness (QED) is 0.594. The molecule has 0 aliphatic heterocycles. The van der Waals surface area contributed by atoms with Crippen molar-refractivity contribution in [3.8, 4) is 11.4 Å². The molecule has 7 heteroatoms. The molecule has 1 aromatic heterocycles. The van der Waals surface area contributed by atoms with Crippen LogP contribution in [0.25, 0.3) is 22.4 Å². The zero-order valence-electron chi connectivity index (χ0n) is 14.8. The van der Waals surface area contributed by atoms with Crippen LogP contribution in [0.3, 0.4) is 0 Å². The van der Waals surface area contributed by atoms with E-state index in [9.17, 15) is 4.79 Å². The van der Waals surface area contributed by atoms with Crippen molar-refractivity contribution >= 4 is 47.4 Å². The summed E-state index contributed by atoms with van der Waals surface area (Å²) in [5, 5.41) is 2.91. The molecule has 0 fully saturated rings. The maximum absolute atomic E-state index is 12.4. The molecule has 5 nitrogen and oxygen atoms in total. The number of benzene rings is 2. The lowest BCUT2D eigenvalue weighted by Crippen LogP contribution is -2.48. The number of anilines is 1. The van der Waals surface area contributed by atoms with E-state index in [1.54, 1.807) is 6.92 Å². The minimum absolute atomic E-state index is 0. The van der Waals surface area contributed by atoms with Crippen LogP contribution in [0, 0.1) is 0 Å². The van der Waals surface area contributed by atoms with Crippen molar-refractivity contribution in [1.82, 2.24) is 9.97 Å². The largest absolute Gasteiger partial charge is 0.338 e. The molecule has 0 radical (unpaired) electrons. The molecule has 1 atom stereocenters. The average Bonchev–Trinajstić information content (AvgIpc) is 2.99. The first kappa shape index (κ1) is 22.0. The van der Waals surface area contributed by atoms with E-state index in [0.29, 0.717) is 12.1 Å². The molecule has 0 saturated carbocycles. The molecular formula is C19H24Cl2N4O. The third-order valence-electron chi connectivity index (χ3n) is 4.07. The average molecular weight is 395 g/mol. The van der Waals surface area contributed by atoms with Crippen LogP contribution in [0.1, 0.15) is 26.7 Å². The fourth-order valence-corrected chi connectivity index (χ4v) is 2.74. The molecule has 0 aliphatic rings. The Balaban J connectivity index is 0.00000169. The lowest BCUT2D eigenvalue weighted by molar-refractivity contribution is -0.120. The number of rotatable bonds is 5. The Kier molecular flexibility index (Phi) is 7.63. The first-order valence-corrected chi connectivity index (χ1v) is 8.15. The monoisotopic (exact) mass is 394 g/mol. The number of nitrogens with two attached hydrogens (primary N) is 1. The predicted molar refractivity (Wildman–Crippen MR) is 112 cm³/mol. The molecule has 0 aliphatic carbocycles. The molecule has 3 aromatic rings. The number of aromatic nitrogens is 2. The van der Waals surface area contributed by atoms with Gasteiger partial charge in [0.15, 0.2) is 0 Å². The van der Waals surface area contributed by atoms with Gasteiger partial charge in [0.1, 0.15) is 5.82 Å². The van der Waals surface area contributed by atoms with Gasteiger partial charge in [0, 0.05) is 11.3 Å². The van der Waals surface area contributed by atoms with Gasteiger partial charge in [0.2, 0.25) is 5.91 Å². The lowest BCUT2D eigenvalue weighted by atomic mass is 9.96. The Hall–Kier alpha value is -2.08. The van der Waals surface area contributed by atoms with E-state index in [1.165, 1.54) is 0 Å². The number of hydrogen-bond donors (Lipinski definition) is 3. The number of imidazole rings is 1. The van der Waals surface area contributed by atoms with Crippen molar-refractivity contribution < 1.29 is 4.79 Å². The van der Waals surface area contributed by atoms with Crippen LogP contribution < -0.4 is 11.1 Å². The number of nitrogens with zero attached hydrogens (tertiary/aromatic N) is 1. The summed E-state index contributed by atoms with van der Waals surface area (Å²) in [4.78, 5) is 20.2. The Morgan fingerprint density at radius 1 is 1.19 bits per heavy atom. The molecule has 140 valence electrons. The number of carbonyl (C=O) groups is 1. The minimum atomic E-state index is -0.871. The smallest absolute Gasteiger partial charge is 0.244 e. The summed E-state index contributed by atoms with van der Waals surface area (Å²) in [5.41, 5.74) is 8.75. The van der Waals surface area contributed by atoms with Gasteiger partial charge in [-0.2, -0.15) is 0 Å². The standard InChI is InChI=1S/C19H22N4O.2ClH/c1-3-11-19(2,20)18(24)21-14-8-6-7-13(12-14)17-22-15-9-4-5-10-16(15)23-17;;/h4-10,12H,3,11,20H2,1-2H3,(H,21,24)(H,22,23);2*1H. The van der Waals surface area contributed by atoms with Crippen molar-refractivity contribution in [3.63, 3.8) is 0 Å². The van der Waals surface area contributed by atoms with Crippen molar-refractivity contribution in [2.75, 3.05) is 5.32 Å². The van der Waals surface area contributed by atoms with E-state index in [4.69, 9.17) is 5.73 Å². The zero-order valence-corrected chi connectivity index (χ0v) is 16.4. The molecule has 0 spiro atoms. The summed E-state index contributed by atoms with van der Waals surface area (Å²) >= 11 is 0. The molecule has 0 saturated heterocycles. The van der Waals surface area contributed by atoms with Gasteiger partial charge in [-0.3, -0.25) is 4.79 Å². The Morgan fingerprint density at radius 3 is 2.62 bits per heavy atom. The highest BCUT2D eigenvalue weighted by atomic mass is 35.5. The van der Waals surface area contributed by atoms with Gasteiger partial charge >= 0.3 is 0 Å². The van der Waals surface area contributed by atoms with E-state index in [0.717, 1.165) is 28.8 Å². The Morgan fingerprint density at radius 2 is 1.92 bits per heavy atom. The Labute approximate surface area is 165 Å². The van der Waals surface area contributed by atoms with Crippen LogP contribution in [0.4, 0.5) is 5.69 Å². The van der Waals surface area contributed by atoms with E-state index in [-0.39, 0.29) is 30.7 Å². The third-order valence-corrected chi connectivity index (χ3v) is 4.07. The van der Waals surface area contributed by atoms with Gasteiger partial charge < -0.3 is 16.0 Å². The van der Waals surface area contributed by atoms with Crippen LogP contribution in [-0.2, 0) is 4.79 Å². The van der Waals surface area contributed by atoms with Crippen molar-refractivity contribution in [1.29, 1.82) is 0 Å². The fourth-order valence-electron chi connectivity index (χ4n) is 2.74. The topological polar surface area (TPSA) is 83.8 Å². The number of aromatic amines is 1. The normalized spacial score (nSPS) is 12.6. The first-order chi connectivity index (χ1) is 11.5. The lowest BCUT2D eigenvalue weighted by Gasteiger charge is -2.22. The zero-order chi connectivity index (χ0) is 17.2. The molecule has 4 N–H and O–H groups in total. The van der Waals surface area contributed by atoms with Crippen LogP contribution in [0.2, 0.25) is 0 Å². The number of carbonyl (C=O) groups excluding carboxylic acids is 1. The fraction of sp³-hybridized carbons (Fsp3) is 0.263. The molecule has 2 aromatic carbocycles. The van der Waals surface area contributed by atoms with Crippen molar-refractivity contribution in [2.24, 2.45) is 5.73 Å². The number of fused-ring (bicyclic) bond motifs is 1. The molecule has 0 bridgehead atoms. The molecular weight excluding hydrogens is 371 g/mol. The van der Waals surface area contributed by atoms with E-state index in [2.05, 4.69) is 15.3 Å². The molecule has 1 unspecified atom stereocenters. The van der Waals surface area contributed by atoms with Crippen LogP contribution in [0.15, 0.2) is 48.5 Å². The molecule has 1 amide bonds. The third kappa shape index (κ3) is 4.75. The maximum atomic E-state index is 12.4. The van der Waals surface area contributed by atoms with Gasteiger partial charge in [-0.25, -0.2) is 4.98 Å². The summed E-state index contributed by atoms with van der Waals surface area (Å²) < 4.78 is 0. The summed E-state index contributed by atoms with van der Waals surface area (Å²) in [7, 11) is 0. The van der Waals surface area contributed by atoms with Crippen molar-refractivity contribution in [2.45, 2.75) is 32.2 Å². The second kappa shape index (κ2) is 9.03. The summed E-state index contributed by atoms with van der Waals surface area (Å²) in [6.07, 6.45) is 1.50. The van der Waals surface area contributed by atoms with E-state index >= 15 is 0 Å². The van der Waals surface area contributed by atoms with Crippen LogP contribution in [-0.4, -0.2) is 21.4 Å². The van der Waals surface area contributed by atoms with E-state index < -0.39 is 5.54 Å². The number of nitrogens with one attached hydrogen (secondary N) is 2. The number of H-pyrrole nitrogens is 1. The molecule has 1 heterocycles. The Bertz CT molecular complexity index is 844. The second-order valence-corrected chi connectivity index (χ2v) is 6.30. The van der Waals surface area contributed by atoms with Gasteiger partial charge in [-0.15, -0.1) is 24.8 Å². The van der Waals surface area contributed by atoms with Gasteiger partial charge in [-0.05, 0) is 37.6 Å². The molecule has 26 heavy (non-hydrogen) atoms. The SMILES string of the molecule is CCCC(C)(N)C(=O)Nc1cccc(-c2nc3ccccc3[nH]2)c1.Cl.Cl. The highest BCUT2D eigenvalue weighted by Gasteiger charge is 2.27. The van der Waals surface area contributed by atoms with Crippen LogP contribution >= 0.6 is 24.8 Å². The summed E-state index contributed by atoms with van der Waals surface area (Å²) in [5.74, 6) is 0.600. The predicted octanol–water partition coefficient (Wildman–Crippen LogP) is 4.53. The van der Waals surface area contributed by atoms with E-state index in [1.807, 2.05) is 55.5 Å². The first-order valence-electron chi connectivity index (χ1n) is 8.15. The number of halogens is 2. The summed E-state index contributed by atoms with van der Waals surface area (Å²) in [6.45, 7) is 3.77. The maximum Gasteiger partial charge on any atom is 0.244 e. The van der Waals surface area contributed by atoms with Gasteiger partial charge in [-0.1, -0.05) is 37.6 Å². The highest BCUT2D eigenvalue weighted by molar-refractivity contribution is 5.98. The second-order valence-electron chi connectivity index (χ2n) is 6.30. The van der Waals surface area contributed by atoms with Gasteiger partial charge in [0.05, 0.1) is 16.6 Å². The minimum Gasteiger partial charge on any atom is -0.338 e. The molecule has 3 rings (SSSR count). The number of amides is 1. The van der Waals surface area contributed by atoms with Crippen LogP contribution in [0.5, 0.6) is 0 Å². The van der Waals surface area contributed by atoms with Crippen molar-refractivity contribution in [3.05, 3.63) is 48.5 Å². The summed E-state index contributed by atoms with van der Waals surface area (Å²) in [6, 6.07) is 15.5. The highest BCUT2D eigenvalue weighted by Crippen LogP contribution is 2.23.